The summed E-state index contributed by atoms with van der Waals surface area (Å²) >= 11 is 0. The number of aromatic nitrogens is 1. The summed E-state index contributed by atoms with van der Waals surface area (Å²) in [6.45, 7) is 0.561. The van der Waals surface area contributed by atoms with Crippen molar-refractivity contribution in [1.29, 1.82) is 0 Å². The molecule has 0 bridgehead atoms. The molecule has 1 aliphatic rings. The number of aromatic amines is 1. The van der Waals surface area contributed by atoms with E-state index >= 15 is 0 Å². The fourth-order valence-electron chi connectivity index (χ4n) is 6.80. The van der Waals surface area contributed by atoms with Gasteiger partial charge in [-0.1, -0.05) is 103 Å². The zero-order valence-electron chi connectivity index (χ0n) is 34.8. The number of nitrogen functional groups attached to an aromatic ring is 1. The molecule has 2 heterocycles. The summed E-state index contributed by atoms with van der Waals surface area (Å²) in [6, 6.07) is 38.0. The topological polar surface area (TPSA) is 216 Å². The number of carbonyl (C=O) groups is 3. The maximum atomic E-state index is 14.9. The number of aliphatic hydroxyl groups excluding tert-OH is 1. The number of phosphoric ester groups is 1. The van der Waals surface area contributed by atoms with Crippen LogP contribution in [0.25, 0.3) is 10.9 Å². The highest BCUT2D eigenvalue weighted by atomic mass is 31.2. The molecule has 0 aliphatic carbocycles. The number of rotatable bonds is 19. The van der Waals surface area contributed by atoms with Crippen LogP contribution in [-0.4, -0.2) is 72.0 Å². The number of carbonyl (C=O) groups excluding carboxylic acids is 3. The first-order valence-corrected chi connectivity index (χ1v) is 21.9. The van der Waals surface area contributed by atoms with Gasteiger partial charge in [-0.2, -0.15) is 0 Å². The summed E-state index contributed by atoms with van der Waals surface area (Å²) in [7, 11) is -4.74. The second-order valence-corrected chi connectivity index (χ2v) is 16.4. The zero-order valence-corrected chi connectivity index (χ0v) is 35.7. The van der Waals surface area contributed by atoms with E-state index in [4.69, 9.17) is 43.0 Å². The van der Waals surface area contributed by atoms with Gasteiger partial charge in [-0.05, 0) is 59.0 Å². The molecule has 0 spiro atoms. The van der Waals surface area contributed by atoms with Crippen molar-refractivity contribution in [2.45, 2.75) is 63.9 Å². The van der Waals surface area contributed by atoms with Gasteiger partial charge in [0.25, 0.3) is 0 Å². The maximum absolute atomic E-state index is 14.9. The number of amides is 1. The average Bonchev–Trinajstić information content (AvgIpc) is 3.71. The van der Waals surface area contributed by atoms with Crippen molar-refractivity contribution < 1.29 is 61.3 Å². The Labute approximate surface area is 369 Å². The van der Waals surface area contributed by atoms with Gasteiger partial charge >= 0.3 is 19.9 Å². The van der Waals surface area contributed by atoms with E-state index < -0.39 is 57.3 Å². The molecule has 64 heavy (non-hydrogen) atoms. The van der Waals surface area contributed by atoms with Gasteiger partial charge in [-0.3, -0.25) is 18.4 Å². The number of hydrogen-bond acceptors (Lipinski definition) is 14. The molecule has 0 saturated carbocycles. The molecule has 5 aromatic carbocycles. The summed E-state index contributed by atoms with van der Waals surface area (Å²) in [5.74, 6) is -0.770. The van der Waals surface area contributed by atoms with Gasteiger partial charge in [0.05, 0.1) is 18.8 Å². The van der Waals surface area contributed by atoms with E-state index in [1.165, 1.54) is 19.1 Å². The molecule has 0 radical (unpaired) electrons. The minimum atomic E-state index is -4.74. The number of nitrogens with one attached hydrogen (secondary N) is 2. The van der Waals surface area contributed by atoms with Crippen molar-refractivity contribution in [3.63, 3.8) is 0 Å². The first kappa shape index (κ1) is 45.5. The number of ether oxygens (including phenoxy) is 5. The van der Waals surface area contributed by atoms with E-state index in [1.807, 2.05) is 24.4 Å². The van der Waals surface area contributed by atoms with Crippen molar-refractivity contribution in [3.05, 3.63) is 167 Å². The highest BCUT2D eigenvalue weighted by molar-refractivity contribution is 7.48. The van der Waals surface area contributed by atoms with Gasteiger partial charge in [-0.25, -0.2) is 14.2 Å². The SMILES string of the molecule is CC(=O)NCCc1c[nH]c2ccc(O[C@@H]3O[C@H](COC(=O)c4ccccc4N)[C@@H](O)[C@H](OP(=O)(OCc4ccccc4)OCc4ccccc4)[C@H]3OC(=O)OCc3ccccc3)cc12. The molecule has 334 valence electrons. The Morgan fingerprint density at radius 2 is 1.39 bits per heavy atom. The average molecular weight is 894 g/mol. The predicted octanol–water partition coefficient (Wildman–Crippen LogP) is 7.40. The summed E-state index contributed by atoms with van der Waals surface area (Å²) in [6.07, 6.45) is -7.36. The Hall–Kier alpha value is -6.52. The molecule has 1 amide bonds. The number of phosphoric acid groups is 1. The smallest absolute Gasteiger partial charge is 0.461 e. The first-order chi connectivity index (χ1) is 31.0. The molecular formula is C47H48N3O13P. The van der Waals surface area contributed by atoms with Gasteiger partial charge in [0.15, 0.2) is 6.10 Å². The molecule has 17 heteroatoms. The largest absolute Gasteiger partial charge is 0.509 e. The minimum Gasteiger partial charge on any atom is -0.461 e. The molecule has 7 rings (SSSR count). The lowest BCUT2D eigenvalue weighted by atomic mass is 9.99. The van der Waals surface area contributed by atoms with E-state index in [0.717, 1.165) is 16.5 Å². The van der Waals surface area contributed by atoms with Crippen molar-refractivity contribution in [1.82, 2.24) is 10.3 Å². The fraction of sp³-hybridized carbons (Fsp3) is 0.255. The number of aliphatic hydroxyl groups is 1. The Balaban J connectivity index is 1.24. The third-order valence-corrected chi connectivity index (χ3v) is 11.5. The van der Waals surface area contributed by atoms with Crippen LogP contribution in [0.4, 0.5) is 10.5 Å². The van der Waals surface area contributed by atoms with Gasteiger partial charge in [-0.15, -0.1) is 0 Å². The third kappa shape index (κ3) is 12.3. The number of esters is 1. The molecule has 5 N–H and O–H groups in total. The second-order valence-electron chi connectivity index (χ2n) is 14.7. The van der Waals surface area contributed by atoms with E-state index in [9.17, 15) is 24.1 Å². The molecule has 5 atom stereocenters. The molecule has 0 unspecified atom stereocenters. The molecule has 6 aromatic rings. The Bertz CT molecular complexity index is 2480. The van der Waals surface area contributed by atoms with Gasteiger partial charge < -0.3 is 44.8 Å². The van der Waals surface area contributed by atoms with Crippen LogP contribution in [0.15, 0.2) is 140 Å². The van der Waals surface area contributed by atoms with Gasteiger partial charge in [0, 0.05) is 36.3 Å². The zero-order chi connectivity index (χ0) is 44.9. The lowest BCUT2D eigenvalue weighted by Gasteiger charge is -2.43. The molecular weight excluding hydrogens is 845 g/mol. The summed E-state index contributed by atoms with van der Waals surface area (Å²) < 4.78 is 62.7. The number of para-hydroxylation sites is 1. The number of nitrogens with two attached hydrogens (primary N) is 1. The number of fused-ring (bicyclic) bond motifs is 1. The summed E-state index contributed by atoms with van der Waals surface area (Å²) in [5, 5.41) is 15.7. The van der Waals surface area contributed by atoms with Crippen molar-refractivity contribution in [3.8, 4) is 5.75 Å². The number of H-pyrrole nitrogens is 1. The second kappa shape index (κ2) is 21.7. The third-order valence-electron chi connectivity index (χ3n) is 10.1. The van der Waals surface area contributed by atoms with Crippen LogP contribution in [0.1, 0.15) is 39.5 Å². The lowest BCUT2D eigenvalue weighted by molar-refractivity contribution is -0.276. The van der Waals surface area contributed by atoms with E-state index in [-0.39, 0.29) is 42.7 Å². The molecule has 1 fully saturated rings. The highest BCUT2D eigenvalue weighted by Crippen LogP contribution is 2.54. The highest BCUT2D eigenvalue weighted by Gasteiger charge is 2.53. The molecule has 1 saturated heterocycles. The van der Waals surface area contributed by atoms with Crippen LogP contribution in [0.2, 0.25) is 0 Å². The molecule has 1 aromatic heterocycles. The molecule has 1 aliphatic heterocycles. The van der Waals surface area contributed by atoms with Crippen molar-refractivity contribution in [2.24, 2.45) is 0 Å². The predicted molar refractivity (Wildman–Crippen MR) is 234 cm³/mol. The Kier molecular flexibility index (Phi) is 15.4. The van der Waals surface area contributed by atoms with Crippen molar-refractivity contribution >= 4 is 42.4 Å². The molecule has 16 nitrogen and oxygen atoms in total. The van der Waals surface area contributed by atoms with Crippen LogP contribution in [0.5, 0.6) is 5.75 Å². The van der Waals surface area contributed by atoms with Crippen molar-refractivity contribution in [2.75, 3.05) is 18.9 Å². The van der Waals surface area contributed by atoms with Gasteiger partial charge in [0.2, 0.25) is 12.2 Å². The van der Waals surface area contributed by atoms with Crippen LogP contribution in [0, 0.1) is 0 Å². The summed E-state index contributed by atoms with van der Waals surface area (Å²) in [4.78, 5) is 41.7. The van der Waals surface area contributed by atoms with Gasteiger partial charge in [0.1, 0.15) is 37.3 Å². The van der Waals surface area contributed by atoms with E-state index in [2.05, 4.69) is 10.3 Å². The minimum absolute atomic E-state index is 0.0676. The first-order valence-electron chi connectivity index (χ1n) is 20.4. The van der Waals surface area contributed by atoms with Crippen LogP contribution >= 0.6 is 7.82 Å². The van der Waals surface area contributed by atoms with E-state index in [0.29, 0.717) is 29.7 Å². The lowest BCUT2D eigenvalue weighted by Crippen LogP contribution is -2.62. The quantitative estimate of drug-likeness (QED) is 0.0354. The monoisotopic (exact) mass is 893 g/mol. The normalized spacial score (nSPS) is 18.5. The number of hydrogen-bond donors (Lipinski definition) is 4. The van der Waals surface area contributed by atoms with E-state index in [1.54, 1.807) is 103 Å². The number of anilines is 1. The number of benzene rings is 5. The Morgan fingerprint density at radius 3 is 2.02 bits per heavy atom. The Morgan fingerprint density at radius 1 is 0.781 bits per heavy atom. The summed E-state index contributed by atoms with van der Waals surface area (Å²) in [5.41, 5.74) is 9.81. The van der Waals surface area contributed by atoms with Crippen LogP contribution in [0.3, 0.4) is 0 Å². The maximum Gasteiger partial charge on any atom is 0.509 e. The fourth-order valence-corrected chi connectivity index (χ4v) is 8.15. The van der Waals surface area contributed by atoms with Crippen LogP contribution in [-0.2, 0) is 68.1 Å². The van der Waals surface area contributed by atoms with Crippen LogP contribution < -0.4 is 15.8 Å². The standard InChI is InChI=1S/C47H48N3O13P/c1-31(51)49-24-23-35-26-50-40-22-21-36(25-38(35)40)60-46-44(62-47(54)57-27-32-13-5-2-6-14-32)43(42(52)41(61-46)30-56-45(53)37-19-11-12-20-39(37)48)63-64(55,58-28-33-15-7-3-8-16-33)59-29-34-17-9-4-10-18-34/h2-22,25-26,41-44,46,50,52H,23-24,27-30,48H2,1H3,(H,49,51)/t41-,42-,43+,44-,46-/m1/s1.